The van der Waals surface area contributed by atoms with E-state index in [1.54, 1.807) is 0 Å². The van der Waals surface area contributed by atoms with Crippen molar-refractivity contribution in [2.24, 2.45) is 0 Å². The van der Waals surface area contributed by atoms with Gasteiger partial charge in [-0.05, 0) is 0 Å². The molecule has 0 saturated heterocycles. The van der Waals surface area contributed by atoms with Gasteiger partial charge in [-0.2, -0.15) is 0 Å². The van der Waals surface area contributed by atoms with Gasteiger partial charge in [-0.3, -0.25) is 0 Å². The maximum Gasteiger partial charge on any atom is 4.00 e. The molecule has 0 aliphatic heterocycles. The van der Waals surface area contributed by atoms with Crippen LogP contribution in [0.5, 0.6) is 0 Å². The summed E-state index contributed by atoms with van der Waals surface area (Å²) in [5, 5.41) is 14.8. The maximum absolute atomic E-state index is 9.10. The second-order valence-corrected chi connectivity index (χ2v) is 0.610. The molecule has 2 N–H and O–H groups in total. The zero-order chi connectivity index (χ0) is 5.15. The van der Waals surface area contributed by atoms with Crippen molar-refractivity contribution in [3.63, 3.8) is 0 Å². The van der Waals surface area contributed by atoms with Crippen LogP contribution in [0, 0.1) is 0 Å². The first-order valence-corrected chi connectivity index (χ1v) is 1.11. The number of carboxylic acid groups (broad SMARTS) is 2. The Bertz CT molecular complexity index is 86.1. The molecule has 0 aromatic carbocycles. The molecule has 0 fully saturated rings. The van der Waals surface area contributed by atoms with Crippen LogP contribution in [-0.2, 0) is 31.3 Å². The quantitative estimate of drug-likeness (QED) is 0.341. The molecule has 66 valence electrons. The van der Waals surface area contributed by atoms with E-state index in [1.165, 1.54) is 0 Å². The van der Waals surface area contributed by atoms with Gasteiger partial charge in [0.2, 0.25) is 0 Å². The van der Waals surface area contributed by atoms with Crippen LogP contribution < -0.4 is 49.6 Å². The van der Waals surface area contributed by atoms with Crippen molar-refractivity contribution in [2.75, 3.05) is 0 Å². The van der Waals surface area contributed by atoms with Crippen molar-refractivity contribution in [1.29, 1.82) is 0 Å². The van der Waals surface area contributed by atoms with Crippen LogP contribution in [0.3, 0.4) is 0 Å². The standard InChI is InChI=1S/C2H2O4.4ClH.Ti/c3-1(4)2(5)6;;;;;/h(H,3,4)(H,5,6);4*1H;/q;;;;;+4/p-4. The molecule has 9 heteroatoms. The number of aliphatic carboxylic acids is 2. The fourth-order valence-electron chi connectivity index (χ4n) is 0. The Kier molecular flexibility index (Phi) is 83.3. The first-order chi connectivity index (χ1) is 2.64. The van der Waals surface area contributed by atoms with Gasteiger partial charge < -0.3 is 59.8 Å². The van der Waals surface area contributed by atoms with Crippen molar-refractivity contribution in [1.82, 2.24) is 0 Å². The zero-order valence-electron chi connectivity index (χ0n) is 4.72. The molecule has 0 bridgehead atoms. The molecule has 0 aromatic heterocycles. The maximum atomic E-state index is 9.10. The number of hydrogen-bond donors (Lipinski definition) is 2. The monoisotopic (exact) mass is 278 g/mol. The van der Waals surface area contributed by atoms with Crippen LogP contribution in [0.15, 0.2) is 0 Å². The van der Waals surface area contributed by atoms with Crippen LogP contribution in [0.25, 0.3) is 0 Å². The fraction of sp³-hybridized carbons (Fsp3) is 0. The average molecular weight is 280 g/mol. The third-order valence-corrected chi connectivity index (χ3v) is 0.183. The van der Waals surface area contributed by atoms with Gasteiger partial charge in [-0.1, -0.05) is 0 Å². The van der Waals surface area contributed by atoms with Gasteiger partial charge in [0.15, 0.2) is 0 Å². The molecular weight excluding hydrogens is 278 g/mol. The smallest absolute Gasteiger partial charge is 1.00 e. The van der Waals surface area contributed by atoms with Crippen molar-refractivity contribution >= 4 is 11.9 Å². The SMILES string of the molecule is O=C(O)C(=O)O.[Cl-].[Cl-].[Cl-].[Cl-].[Ti+4]. The summed E-state index contributed by atoms with van der Waals surface area (Å²) in [5.74, 6) is -3.65. The fourth-order valence-corrected chi connectivity index (χ4v) is 0. The minimum atomic E-state index is -1.82. The van der Waals surface area contributed by atoms with Crippen LogP contribution in [-0.4, -0.2) is 22.2 Å². The summed E-state index contributed by atoms with van der Waals surface area (Å²) in [4.78, 5) is 18.2. The van der Waals surface area contributed by atoms with E-state index in [-0.39, 0.29) is 71.3 Å². The summed E-state index contributed by atoms with van der Waals surface area (Å²) in [6, 6.07) is 0. The first-order valence-electron chi connectivity index (χ1n) is 1.11. The minimum absolute atomic E-state index is 0. The largest absolute Gasteiger partial charge is 4.00 e. The summed E-state index contributed by atoms with van der Waals surface area (Å²) in [6.07, 6.45) is 0. The van der Waals surface area contributed by atoms with Gasteiger partial charge in [0.25, 0.3) is 0 Å². The Morgan fingerprint density at radius 2 is 0.818 bits per heavy atom. The number of rotatable bonds is 0. The van der Waals surface area contributed by atoms with Crippen LogP contribution in [0.2, 0.25) is 0 Å². The van der Waals surface area contributed by atoms with E-state index < -0.39 is 11.9 Å². The molecule has 0 unspecified atom stereocenters. The van der Waals surface area contributed by atoms with E-state index in [0.717, 1.165) is 0 Å². The predicted molar refractivity (Wildman–Crippen MR) is 15.3 cm³/mol. The van der Waals surface area contributed by atoms with Crippen LogP contribution in [0.1, 0.15) is 0 Å². The molecule has 0 aromatic rings. The number of carbonyl (C=O) groups is 2. The van der Waals surface area contributed by atoms with E-state index in [4.69, 9.17) is 19.8 Å². The summed E-state index contributed by atoms with van der Waals surface area (Å²) < 4.78 is 0. The Morgan fingerprint density at radius 3 is 0.818 bits per heavy atom. The van der Waals surface area contributed by atoms with Crippen LogP contribution >= 0.6 is 0 Å². The van der Waals surface area contributed by atoms with Gasteiger partial charge in [-0.25, -0.2) is 9.59 Å². The average Bonchev–Trinajstić information content (AvgIpc) is 1.36. The predicted octanol–water partition coefficient (Wildman–Crippen LogP) is -12.8. The Labute approximate surface area is 103 Å². The van der Waals surface area contributed by atoms with E-state index in [9.17, 15) is 0 Å². The Balaban J connectivity index is -0.0000000125. The van der Waals surface area contributed by atoms with Crippen molar-refractivity contribution < 1.29 is 91.1 Å². The molecule has 0 saturated carbocycles. The van der Waals surface area contributed by atoms with E-state index in [0.29, 0.717) is 0 Å². The third-order valence-electron chi connectivity index (χ3n) is 0.183. The number of halogens is 4. The molecule has 0 aliphatic rings. The number of hydrogen-bond acceptors (Lipinski definition) is 2. The van der Waals surface area contributed by atoms with Gasteiger partial charge in [0.1, 0.15) is 0 Å². The zero-order valence-corrected chi connectivity index (χ0v) is 9.31. The van der Waals surface area contributed by atoms with E-state index in [1.807, 2.05) is 0 Å². The molecule has 0 rings (SSSR count). The minimum Gasteiger partial charge on any atom is -1.00 e. The molecule has 0 spiro atoms. The van der Waals surface area contributed by atoms with E-state index >= 15 is 0 Å². The molecule has 0 aliphatic carbocycles. The molecule has 0 heterocycles. The first kappa shape index (κ1) is 40.9. The third kappa shape index (κ3) is 36.3. The van der Waals surface area contributed by atoms with Gasteiger partial charge in [0, 0.05) is 0 Å². The number of carboxylic acids is 2. The molecule has 0 atom stereocenters. The van der Waals surface area contributed by atoms with Gasteiger partial charge in [-0.15, -0.1) is 0 Å². The summed E-state index contributed by atoms with van der Waals surface area (Å²) in [6.45, 7) is 0. The normalized spacial score (nSPS) is 4.00. The molecule has 0 radical (unpaired) electrons. The second kappa shape index (κ2) is 22.4. The molecule has 0 amide bonds. The second-order valence-electron chi connectivity index (χ2n) is 0.610. The van der Waals surface area contributed by atoms with E-state index in [2.05, 4.69) is 0 Å². The Hall–Kier alpha value is 0.814. The van der Waals surface area contributed by atoms with Gasteiger partial charge >= 0.3 is 33.7 Å². The van der Waals surface area contributed by atoms with Crippen molar-refractivity contribution in [3.8, 4) is 0 Å². The van der Waals surface area contributed by atoms with Crippen molar-refractivity contribution in [3.05, 3.63) is 0 Å². The topological polar surface area (TPSA) is 74.6 Å². The molecule has 4 nitrogen and oxygen atoms in total. The summed E-state index contributed by atoms with van der Waals surface area (Å²) >= 11 is 0. The Morgan fingerprint density at radius 1 is 0.727 bits per heavy atom. The molecular formula is C2H2Cl4O4Ti. The van der Waals surface area contributed by atoms with Crippen LogP contribution in [0.4, 0.5) is 0 Å². The molecule has 11 heavy (non-hydrogen) atoms. The summed E-state index contributed by atoms with van der Waals surface area (Å²) in [7, 11) is 0. The van der Waals surface area contributed by atoms with Gasteiger partial charge in [0.05, 0.1) is 0 Å². The van der Waals surface area contributed by atoms with Crippen molar-refractivity contribution in [2.45, 2.75) is 0 Å². The summed E-state index contributed by atoms with van der Waals surface area (Å²) in [5.41, 5.74) is 0.